The standard InChI is InChI=1S/C12H17F2N/c1-3-9(2)15-5-4-10-6-11(13)8-12(14)7-10/h6-9,15H,3-5H2,1-2H3/t9-/m1/s1. The van der Waals surface area contributed by atoms with Crippen molar-refractivity contribution in [3.05, 3.63) is 35.4 Å². The highest BCUT2D eigenvalue weighted by Gasteiger charge is 2.01. The van der Waals surface area contributed by atoms with Crippen molar-refractivity contribution >= 4 is 0 Å². The highest BCUT2D eigenvalue weighted by molar-refractivity contribution is 5.18. The number of rotatable bonds is 5. The topological polar surface area (TPSA) is 12.0 Å². The van der Waals surface area contributed by atoms with Crippen LogP contribution in [0.5, 0.6) is 0 Å². The molecule has 0 unspecified atom stereocenters. The molecule has 1 aromatic carbocycles. The first-order valence-corrected chi connectivity index (χ1v) is 5.30. The van der Waals surface area contributed by atoms with Gasteiger partial charge in [-0.3, -0.25) is 0 Å². The summed E-state index contributed by atoms with van der Waals surface area (Å²) in [6.07, 6.45) is 1.70. The average Bonchev–Trinajstić information content (AvgIpc) is 2.16. The molecule has 1 atom stereocenters. The Labute approximate surface area is 89.5 Å². The SMILES string of the molecule is CC[C@@H](C)NCCc1cc(F)cc(F)c1. The summed E-state index contributed by atoms with van der Waals surface area (Å²) < 4.78 is 25.6. The van der Waals surface area contributed by atoms with Crippen molar-refractivity contribution in [1.82, 2.24) is 5.32 Å². The summed E-state index contributed by atoms with van der Waals surface area (Å²) >= 11 is 0. The van der Waals surface area contributed by atoms with Crippen molar-refractivity contribution in [3.63, 3.8) is 0 Å². The fourth-order valence-corrected chi connectivity index (χ4v) is 1.36. The van der Waals surface area contributed by atoms with E-state index in [2.05, 4.69) is 19.2 Å². The number of hydrogen-bond acceptors (Lipinski definition) is 1. The van der Waals surface area contributed by atoms with Gasteiger partial charge in [-0.25, -0.2) is 8.78 Å². The molecule has 1 N–H and O–H groups in total. The molecule has 15 heavy (non-hydrogen) atoms. The van der Waals surface area contributed by atoms with Gasteiger partial charge in [-0.05, 0) is 44.0 Å². The number of hydrogen-bond donors (Lipinski definition) is 1. The van der Waals surface area contributed by atoms with Crippen LogP contribution in [0.2, 0.25) is 0 Å². The van der Waals surface area contributed by atoms with Gasteiger partial charge < -0.3 is 5.32 Å². The summed E-state index contributed by atoms with van der Waals surface area (Å²) in [5.41, 5.74) is 0.698. The second kappa shape index (κ2) is 5.81. The summed E-state index contributed by atoms with van der Waals surface area (Å²) in [5.74, 6) is -1.01. The van der Waals surface area contributed by atoms with E-state index in [1.54, 1.807) is 0 Å². The lowest BCUT2D eigenvalue weighted by molar-refractivity contribution is 0.534. The Kier molecular flexibility index (Phi) is 4.69. The van der Waals surface area contributed by atoms with Gasteiger partial charge in [0.05, 0.1) is 0 Å². The normalized spacial score (nSPS) is 12.8. The van der Waals surface area contributed by atoms with Gasteiger partial charge in [0.1, 0.15) is 11.6 Å². The van der Waals surface area contributed by atoms with Crippen LogP contribution in [0, 0.1) is 11.6 Å². The Balaban J connectivity index is 2.43. The number of halogens is 2. The van der Waals surface area contributed by atoms with Crippen LogP contribution < -0.4 is 5.32 Å². The summed E-state index contributed by atoms with van der Waals surface area (Å²) in [4.78, 5) is 0. The van der Waals surface area contributed by atoms with Gasteiger partial charge in [-0.1, -0.05) is 6.92 Å². The molecule has 0 aliphatic rings. The second-order valence-electron chi connectivity index (χ2n) is 3.79. The molecule has 0 bridgehead atoms. The van der Waals surface area contributed by atoms with E-state index < -0.39 is 11.6 Å². The minimum absolute atomic E-state index is 0.448. The predicted molar refractivity (Wildman–Crippen MR) is 57.8 cm³/mol. The quantitative estimate of drug-likeness (QED) is 0.793. The molecule has 0 spiro atoms. The lowest BCUT2D eigenvalue weighted by Crippen LogP contribution is -2.27. The molecular formula is C12H17F2N. The van der Waals surface area contributed by atoms with Crippen LogP contribution in [-0.4, -0.2) is 12.6 Å². The van der Waals surface area contributed by atoms with E-state index in [1.165, 1.54) is 12.1 Å². The van der Waals surface area contributed by atoms with Crippen LogP contribution in [0.1, 0.15) is 25.8 Å². The largest absolute Gasteiger partial charge is 0.314 e. The van der Waals surface area contributed by atoms with E-state index >= 15 is 0 Å². The highest BCUT2D eigenvalue weighted by atomic mass is 19.1. The van der Waals surface area contributed by atoms with Crippen molar-refractivity contribution in [3.8, 4) is 0 Å². The number of benzene rings is 1. The second-order valence-corrected chi connectivity index (χ2v) is 3.79. The molecule has 0 aromatic heterocycles. The smallest absolute Gasteiger partial charge is 0.126 e. The Morgan fingerprint density at radius 1 is 1.20 bits per heavy atom. The van der Waals surface area contributed by atoms with Crippen molar-refractivity contribution in [2.75, 3.05) is 6.54 Å². The lowest BCUT2D eigenvalue weighted by atomic mass is 10.1. The third-order valence-corrected chi connectivity index (χ3v) is 2.44. The third-order valence-electron chi connectivity index (χ3n) is 2.44. The zero-order valence-corrected chi connectivity index (χ0v) is 9.19. The van der Waals surface area contributed by atoms with Gasteiger partial charge in [-0.2, -0.15) is 0 Å². The average molecular weight is 213 g/mol. The van der Waals surface area contributed by atoms with Crippen LogP contribution in [0.15, 0.2) is 18.2 Å². The first-order chi connectivity index (χ1) is 7.11. The molecule has 84 valence electrons. The molecule has 0 amide bonds. The molecule has 0 aliphatic heterocycles. The van der Waals surface area contributed by atoms with Crippen molar-refractivity contribution in [1.29, 1.82) is 0 Å². The first-order valence-electron chi connectivity index (χ1n) is 5.30. The predicted octanol–water partition coefficient (Wildman–Crippen LogP) is 2.90. The maximum atomic E-state index is 12.8. The first kappa shape index (κ1) is 12.1. The molecule has 0 saturated heterocycles. The van der Waals surface area contributed by atoms with Gasteiger partial charge in [0.25, 0.3) is 0 Å². The van der Waals surface area contributed by atoms with Crippen LogP contribution in [0.4, 0.5) is 8.78 Å². The van der Waals surface area contributed by atoms with Crippen molar-refractivity contribution in [2.24, 2.45) is 0 Å². The fraction of sp³-hybridized carbons (Fsp3) is 0.500. The Morgan fingerprint density at radius 2 is 1.80 bits per heavy atom. The van der Waals surface area contributed by atoms with E-state index in [1.807, 2.05) is 0 Å². The summed E-state index contributed by atoms with van der Waals surface area (Å²) in [6.45, 7) is 4.93. The molecule has 3 heteroatoms. The molecule has 0 heterocycles. The Morgan fingerprint density at radius 3 is 2.33 bits per heavy atom. The van der Waals surface area contributed by atoms with Crippen LogP contribution >= 0.6 is 0 Å². The number of nitrogens with one attached hydrogen (secondary N) is 1. The molecular weight excluding hydrogens is 196 g/mol. The van der Waals surface area contributed by atoms with Gasteiger partial charge >= 0.3 is 0 Å². The summed E-state index contributed by atoms with van der Waals surface area (Å²) in [7, 11) is 0. The van der Waals surface area contributed by atoms with Gasteiger partial charge in [0.15, 0.2) is 0 Å². The summed E-state index contributed by atoms with van der Waals surface area (Å²) in [6, 6.07) is 4.09. The van der Waals surface area contributed by atoms with Gasteiger partial charge in [0, 0.05) is 12.1 Å². The maximum Gasteiger partial charge on any atom is 0.126 e. The van der Waals surface area contributed by atoms with E-state index in [9.17, 15) is 8.78 Å². The minimum Gasteiger partial charge on any atom is -0.314 e. The molecule has 1 aromatic rings. The van der Waals surface area contributed by atoms with Crippen LogP contribution in [0.25, 0.3) is 0 Å². The van der Waals surface area contributed by atoms with E-state index in [0.29, 0.717) is 18.0 Å². The zero-order chi connectivity index (χ0) is 11.3. The van der Waals surface area contributed by atoms with Crippen LogP contribution in [-0.2, 0) is 6.42 Å². The van der Waals surface area contributed by atoms with Crippen molar-refractivity contribution < 1.29 is 8.78 Å². The van der Waals surface area contributed by atoms with Gasteiger partial charge in [-0.15, -0.1) is 0 Å². The molecule has 1 nitrogen and oxygen atoms in total. The van der Waals surface area contributed by atoms with E-state index in [0.717, 1.165) is 19.0 Å². The molecule has 0 saturated carbocycles. The fourth-order valence-electron chi connectivity index (χ4n) is 1.36. The summed E-state index contributed by atoms with van der Waals surface area (Å²) in [5, 5.41) is 3.27. The molecule has 0 fully saturated rings. The zero-order valence-electron chi connectivity index (χ0n) is 9.19. The molecule has 1 rings (SSSR count). The van der Waals surface area contributed by atoms with E-state index in [4.69, 9.17) is 0 Å². The molecule has 0 aliphatic carbocycles. The lowest BCUT2D eigenvalue weighted by Gasteiger charge is -2.10. The van der Waals surface area contributed by atoms with Crippen molar-refractivity contribution in [2.45, 2.75) is 32.7 Å². The minimum atomic E-state index is -0.506. The van der Waals surface area contributed by atoms with E-state index in [-0.39, 0.29) is 0 Å². The Hall–Kier alpha value is -0.960. The van der Waals surface area contributed by atoms with Gasteiger partial charge in [0.2, 0.25) is 0 Å². The Bertz CT molecular complexity index is 292. The maximum absolute atomic E-state index is 12.8. The van der Waals surface area contributed by atoms with Crippen LogP contribution in [0.3, 0.4) is 0 Å². The highest BCUT2D eigenvalue weighted by Crippen LogP contribution is 2.08. The monoisotopic (exact) mass is 213 g/mol. The third kappa shape index (κ3) is 4.38. The molecule has 0 radical (unpaired) electrons.